The van der Waals surface area contributed by atoms with E-state index in [-0.39, 0.29) is 18.4 Å². The first-order chi connectivity index (χ1) is 9.51. The molecule has 1 heterocycles. The van der Waals surface area contributed by atoms with Crippen LogP contribution in [0.3, 0.4) is 0 Å². The lowest BCUT2D eigenvalue weighted by Gasteiger charge is -2.33. The van der Waals surface area contributed by atoms with Gasteiger partial charge < -0.3 is 15.0 Å². The van der Waals surface area contributed by atoms with Crippen molar-refractivity contribution in [2.45, 2.75) is 26.3 Å². The summed E-state index contributed by atoms with van der Waals surface area (Å²) in [4.78, 5) is 25.8. The molecule has 108 valence electrons. The number of nitrogens with zero attached hydrogens (tertiary/aromatic N) is 1. The first-order valence-corrected chi connectivity index (χ1v) is 6.76. The van der Waals surface area contributed by atoms with Crippen molar-refractivity contribution in [3.05, 3.63) is 24.3 Å². The molecule has 0 saturated carbocycles. The molecule has 2 rings (SSSR count). The number of nitrogens with one attached hydrogen (secondary N) is 1. The Kier molecular flexibility index (Phi) is 4.27. The molecule has 1 aliphatic heterocycles. The van der Waals surface area contributed by atoms with E-state index in [2.05, 4.69) is 5.32 Å². The predicted octanol–water partition coefficient (Wildman–Crippen LogP) is 1.57. The molecule has 1 aromatic rings. The van der Waals surface area contributed by atoms with Crippen molar-refractivity contribution in [3.8, 4) is 5.75 Å². The lowest BCUT2D eigenvalue weighted by Crippen LogP contribution is -2.58. The Balaban J connectivity index is 2.25. The Morgan fingerprint density at radius 1 is 1.40 bits per heavy atom. The van der Waals surface area contributed by atoms with E-state index in [0.717, 1.165) is 0 Å². The highest BCUT2D eigenvalue weighted by Gasteiger charge is 2.33. The van der Waals surface area contributed by atoms with Crippen molar-refractivity contribution in [1.82, 2.24) is 5.32 Å². The van der Waals surface area contributed by atoms with Crippen LogP contribution in [0.5, 0.6) is 5.75 Å². The first-order valence-electron chi connectivity index (χ1n) is 6.76. The van der Waals surface area contributed by atoms with Gasteiger partial charge in [0.1, 0.15) is 18.3 Å². The molecule has 0 radical (unpaired) electrons. The number of ether oxygens (including phenoxy) is 1. The Morgan fingerprint density at radius 2 is 2.15 bits per heavy atom. The van der Waals surface area contributed by atoms with Gasteiger partial charge in [-0.25, -0.2) is 0 Å². The van der Waals surface area contributed by atoms with Gasteiger partial charge >= 0.3 is 0 Å². The Labute approximate surface area is 118 Å². The maximum atomic E-state index is 12.5. The van der Waals surface area contributed by atoms with Crippen LogP contribution >= 0.6 is 0 Å². The molecule has 0 aliphatic carbocycles. The van der Waals surface area contributed by atoms with Gasteiger partial charge in [-0.15, -0.1) is 0 Å². The average molecular weight is 276 g/mol. The minimum absolute atomic E-state index is 0.0561. The van der Waals surface area contributed by atoms with Crippen LogP contribution in [0, 0.1) is 5.92 Å². The minimum Gasteiger partial charge on any atom is -0.497 e. The van der Waals surface area contributed by atoms with E-state index in [1.54, 1.807) is 13.2 Å². The number of hydrogen-bond acceptors (Lipinski definition) is 3. The SMILES string of the molecule is COc1cccc(N2CC(=O)NC(CC(C)C)C2=O)c1. The van der Waals surface area contributed by atoms with Crippen LogP contribution in [-0.2, 0) is 9.59 Å². The van der Waals surface area contributed by atoms with Crippen molar-refractivity contribution in [1.29, 1.82) is 0 Å². The number of carbonyl (C=O) groups is 2. The summed E-state index contributed by atoms with van der Waals surface area (Å²) in [6.07, 6.45) is 0.644. The lowest BCUT2D eigenvalue weighted by molar-refractivity contribution is -0.131. The number of benzene rings is 1. The van der Waals surface area contributed by atoms with Crippen LogP contribution in [0.2, 0.25) is 0 Å². The molecule has 1 saturated heterocycles. The second-order valence-corrected chi connectivity index (χ2v) is 5.38. The third kappa shape index (κ3) is 3.10. The average Bonchev–Trinajstić information content (AvgIpc) is 2.42. The fraction of sp³-hybridized carbons (Fsp3) is 0.467. The zero-order valence-corrected chi connectivity index (χ0v) is 12.1. The zero-order valence-electron chi connectivity index (χ0n) is 12.1. The second-order valence-electron chi connectivity index (χ2n) is 5.38. The molecule has 1 aromatic carbocycles. The maximum Gasteiger partial charge on any atom is 0.250 e. The molecule has 1 unspecified atom stereocenters. The van der Waals surface area contributed by atoms with Crippen molar-refractivity contribution >= 4 is 17.5 Å². The summed E-state index contributed by atoms with van der Waals surface area (Å²) in [7, 11) is 1.57. The zero-order chi connectivity index (χ0) is 14.7. The van der Waals surface area contributed by atoms with Gasteiger partial charge in [0.15, 0.2) is 0 Å². The van der Waals surface area contributed by atoms with Gasteiger partial charge in [0, 0.05) is 11.8 Å². The molecule has 1 aliphatic rings. The molecular formula is C15H20N2O3. The van der Waals surface area contributed by atoms with Gasteiger partial charge in [-0.3, -0.25) is 9.59 Å². The van der Waals surface area contributed by atoms with Crippen molar-refractivity contribution in [2.75, 3.05) is 18.6 Å². The van der Waals surface area contributed by atoms with Crippen LogP contribution in [0.15, 0.2) is 24.3 Å². The topological polar surface area (TPSA) is 58.6 Å². The number of amides is 2. The van der Waals surface area contributed by atoms with Crippen LogP contribution in [0.1, 0.15) is 20.3 Å². The van der Waals surface area contributed by atoms with Gasteiger partial charge in [0.05, 0.1) is 7.11 Å². The van der Waals surface area contributed by atoms with Crippen molar-refractivity contribution in [3.63, 3.8) is 0 Å². The molecule has 0 spiro atoms. The van der Waals surface area contributed by atoms with Crippen LogP contribution in [0.25, 0.3) is 0 Å². The fourth-order valence-corrected chi connectivity index (χ4v) is 2.34. The van der Waals surface area contributed by atoms with Crippen LogP contribution in [0.4, 0.5) is 5.69 Å². The molecule has 1 atom stereocenters. The third-order valence-electron chi connectivity index (χ3n) is 3.27. The molecule has 0 aromatic heterocycles. The standard InChI is InChI=1S/C15H20N2O3/c1-10(2)7-13-15(19)17(9-14(18)16-13)11-5-4-6-12(8-11)20-3/h4-6,8,10,13H,7,9H2,1-3H3,(H,16,18). The van der Waals surface area contributed by atoms with Crippen LogP contribution < -0.4 is 15.0 Å². The van der Waals surface area contributed by atoms with E-state index in [1.165, 1.54) is 4.90 Å². The highest BCUT2D eigenvalue weighted by Crippen LogP contribution is 2.23. The van der Waals surface area contributed by atoms with Gasteiger partial charge in [0.25, 0.3) is 0 Å². The van der Waals surface area contributed by atoms with E-state index in [0.29, 0.717) is 23.8 Å². The summed E-state index contributed by atoms with van der Waals surface area (Å²) in [5, 5.41) is 2.76. The quantitative estimate of drug-likeness (QED) is 0.908. The summed E-state index contributed by atoms with van der Waals surface area (Å²) < 4.78 is 5.16. The lowest BCUT2D eigenvalue weighted by atomic mass is 10.0. The number of carbonyl (C=O) groups excluding carboxylic acids is 2. The number of rotatable bonds is 4. The smallest absolute Gasteiger partial charge is 0.250 e. The Morgan fingerprint density at radius 3 is 2.80 bits per heavy atom. The van der Waals surface area contributed by atoms with Crippen molar-refractivity contribution in [2.24, 2.45) is 5.92 Å². The molecule has 20 heavy (non-hydrogen) atoms. The Bertz CT molecular complexity index is 514. The summed E-state index contributed by atoms with van der Waals surface area (Å²) in [6.45, 7) is 4.12. The maximum absolute atomic E-state index is 12.5. The summed E-state index contributed by atoms with van der Waals surface area (Å²) in [5.41, 5.74) is 0.693. The van der Waals surface area contributed by atoms with Gasteiger partial charge in [-0.2, -0.15) is 0 Å². The van der Waals surface area contributed by atoms with E-state index in [1.807, 2.05) is 32.0 Å². The van der Waals surface area contributed by atoms with Crippen molar-refractivity contribution < 1.29 is 14.3 Å². The van der Waals surface area contributed by atoms with Crippen LogP contribution in [-0.4, -0.2) is 31.5 Å². The van der Waals surface area contributed by atoms with E-state index < -0.39 is 6.04 Å². The number of methoxy groups -OCH3 is 1. The predicted molar refractivity (Wildman–Crippen MR) is 76.7 cm³/mol. The normalized spacial score (nSPS) is 19.2. The number of hydrogen-bond donors (Lipinski definition) is 1. The minimum atomic E-state index is -0.442. The summed E-state index contributed by atoms with van der Waals surface area (Å²) >= 11 is 0. The molecule has 1 fully saturated rings. The fourth-order valence-electron chi connectivity index (χ4n) is 2.34. The highest BCUT2D eigenvalue weighted by molar-refractivity contribution is 6.06. The largest absolute Gasteiger partial charge is 0.497 e. The highest BCUT2D eigenvalue weighted by atomic mass is 16.5. The number of anilines is 1. The summed E-state index contributed by atoms with van der Waals surface area (Å²) in [5.74, 6) is 0.820. The number of piperazine rings is 1. The van der Waals surface area contributed by atoms with E-state index in [4.69, 9.17) is 4.74 Å². The summed E-state index contributed by atoms with van der Waals surface area (Å²) in [6, 6.07) is 6.76. The second kappa shape index (κ2) is 5.94. The third-order valence-corrected chi connectivity index (χ3v) is 3.27. The molecule has 0 bridgehead atoms. The van der Waals surface area contributed by atoms with Gasteiger partial charge in [-0.1, -0.05) is 19.9 Å². The molecular weight excluding hydrogens is 256 g/mol. The first kappa shape index (κ1) is 14.4. The molecule has 5 nitrogen and oxygen atoms in total. The Hall–Kier alpha value is -2.04. The van der Waals surface area contributed by atoms with Gasteiger partial charge in [-0.05, 0) is 24.5 Å². The van der Waals surface area contributed by atoms with E-state index in [9.17, 15) is 9.59 Å². The molecule has 2 amide bonds. The van der Waals surface area contributed by atoms with E-state index >= 15 is 0 Å². The van der Waals surface area contributed by atoms with Gasteiger partial charge in [0.2, 0.25) is 11.8 Å². The molecule has 1 N–H and O–H groups in total. The monoisotopic (exact) mass is 276 g/mol. The molecule has 5 heteroatoms.